The van der Waals surface area contributed by atoms with E-state index in [0.29, 0.717) is 24.7 Å². The molecule has 0 aliphatic carbocycles. The zero-order valence-electron chi connectivity index (χ0n) is 13.4. The van der Waals surface area contributed by atoms with Gasteiger partial charge in [0, 0.05) is 19.1 Å². The summed E-state index contributed by atoms with van der Waals surface area (Å²) in [6.45, 7) is 8.21. The molecule has 0 aliphatic rings. The molecule has 1 aromatic carbocycles. The Bertz CT molecular complexity index is 463. The first kappa shape index (κ1) is 17.4. The largest absolute Gasteiger partial charge is 0.382 e. The molecule has 118 valence electrons. The van der Waals surface area contributed by atoms with Crippen molar-refractivity contribution in [2.24, 2.45) is 0 Å². The molecule has 0 atom stereocenters. The first-order chi connectivity index (χ1) is 9.97. The van der Waals surface area contributed by atoms with Crippen molar-refractivity contribution in [3.63, 3.8) is 0 Å². The van der Waals surface area contributed by atoms with Crippen molar-refractivity contribution in [3.8, 4) is 0 Å². The molecule has 2 N–H and O–H groups in total. The SMILES string of the molecule is CCNc1c(F)cccc1C(=O)NCCCN(C)C(C)C. The van der Waals surface area contributed by atoms with Gasteiger partial charge in [0.25, 0.3) is 5.91 Å². The standard InChI is InChI=1S/C16H26FN3O/c1-5-18-15-13(8-6-9-14(15)17)16(21)19-10-7-11-20(4)12(2)3/h6,8-9,12,18H,5,7,10-11H2,1-4H3,(H,19,21). The maximum Gasteiger partial charge on any atom is 0.253 e. The average molecular weight is 295 g/mol. The third-order valence-corrected chi connectivity index (χ3v) is 3.47. The van der Waals surface area contributed by atoms with Crippen molar-refractivity contribution in [3.05, 3.63) is 29.6 Å². The van der Waals surface area contributed by atoms with Crippen molar-refractivity contribution >= 4 is 11.6 Å². The number of anilines is 1. The van der Waals surface area contributed by atoms with Crippen LogP contribution in [0, 0.1) is 5.82 Å². The molecule has 0 spiro atoms. The molecule has 0 aromatic heterocycles. The summed E-state index contributed by atoms with van der Waals surface area (Å²) >= 11 is 0. The van der Waals surface area contributed by atoms with E-state index >= 15 is 0 Å². The molecule has 21 heavy (non-hydrogen) atoms. The molecule has 1 amide bonds. The Morgan fingerprint density at radius 1 is 1.38 bits per heavy atom. The van der Waals surface area contributed by atoms with E-state index in [-0.39, 0.29) is 11.6 Å². The fourth-order valence-corrected chi connectivity index (χ4v) is 1.95. The molecule has 0 saturated carbocycles. The van der Waals surface area contributed by atoms with Crippen LogP contribution in [0.1, 0.15) is 37.6 Å². The maximum absolute atomic E-state index is 13.7. The highest BCUT2D eigenvalue weighted by atomic mass is 19.1. The Hall–Kier alpha value is -1.62. The maximum atomic E-state index is 13.7. The second-order valence-corrected chi connectivity index (χ2v) is 5.38. The average Bonchev–Trinajstić information content (AvgIpc) is 2.45. The van der Waals surface area contributed by atoms with E-state index in [1.165, 1.54) is 6.07 Å². The zero-order valence-corrected chi connectivity index (χ0v) is 13.4. The van der Waals surface area contributed by atoms with Crippen molar-refractivity contribution in [1.29, 1.82) is 0 Å². The predicted octanol–water partition coefficient (Wildman–Crippen LogP) is 2.72. The molecule has 0 unspecified atom stereocenters. The highest BCUT2D eigenvalue weighted by Crippen LogP contribution is 2.19. The number of nitrogens with zero attached hydrogens (tertiary/aromatic N) is 1. The van der Waals surface area contributed by atoms with Crippen molar-refractivity contribution < 1.29 is 9.18 Å². The lowest BCUT2D eigenvalue weighted by Crippen LogP contribution is -2.31. The van der Waals surface area contributed by atoms with Gasteiger partial charge in [-0.25, -0.2) is 4.39 Å². The van der Waals surface area contributed by atoms with E-state index in [2.05, 4.69) is 36.4 Å². The third kappa shape index (κ3) is 5.34. The Balaban J connectivity index is 2.54. The Morgan fingerprint density at radius 2 is 2.10 bits per heavy atom. The summed E-state index contributed by atoms with van der Waals surface area (Å²) < 4.78 is 13.7. The van der Waals surface area contributed by atoms with Crippen LogP contribution < -0.4 is 10.6 Å². The van der Waals surface area contributed by atoms with E-state index in [4.69, 9.17) is 0 Å². The number of benzene rings is 1. The number of carbonyl (C=O) groups is 1. The third-order valence-electron chi connectivity index (χ3n) is 3.47. The van der Waals surface area contributed by atoms with Gasteiger partial charge in [0.1, 0.15) is 5.82 Å². The van der Waals surface area contributed by atoms with Gasteiger partial charge >= 0.3 is 0 Å². The van der Waals surface area contributed by atoms with Gasteiger partial charge in [-0.05, 0) is 52.9 Å². The second-order valence-electron chi connectivity index (χ2n) is 5.38. The second kappa shape index (κ2) is 8.62. The summed E-state index contributed by atoms with van der Waals surface area (Å²) in [5.41, 5.74) is 0.630. The van der Waals surface area contributed by atoms with Crippen LogP contribution >= 0.6 is 0 Å². The van der Waals surface area contributed by atoms with Crippen LogP contribution in [0.3, 0.4) is 0 Å². The molecule has 0 bridgehead atoms. The van der Waals surface area contributed by atoms with Crippen LogP contribution in [0.15, 0.2) is 18.2 Å². The van der Waals surface area contributed by atoms with Gasteiger partial charge in [0.15, 0.2) is 0 Å². The normalized spacial score (nSPS) is 11.0. The Labute approximate surface area is 126 Å². The van der Waals surface area contributed by atoms with Crippen LogP contribution in [0.4, 0.5) is 10.1 Å². The molecule has 4 nitrogen and oxygen atoms in total. The lowest BCUT2D eigenvalue weighted by Gasteiger charge is -2.20. The number of carbonyl (C=O) groups excluding carboxylic acids is 1. The van der Waals surface area contributed by atoms with Gasteiger partial charge in [-0.1, -0.05) is 6.07 Å². The zero-order chi connectivity index (χ0) is 15.8. The van der Waals surface area contributed by atoms with Crippen LogP contribution in [0.25, 0.3) is 0 Å². The molecular formula is C16H26FN3O. The van der Waals surface area contributed by atoms with Gasteiger partial charge in [-0.3, -0.25) is 4.79 Å². The number of halogens is 1. The molecule has 0 aliphatic heterocycles. The molecule has 1 aromatic rings. The van der Waals surface area contributed by atoms with Gasteiger partial charge < -0.3 is 15.5 Å². The number of para-hydroxylation sites is 1. The van der Waals surface area contributed by atoms with Crippen molar-refractivity contribution in [1.82, 2.24) is 10.2 Å². The summed E-state index contributed by atoms with van der Waals surface area (Å²) in [6, 6.07) is 5.03. The topological polar surface area (TPSA) is 44.4 Å². The first-order valence-corrected chi connectivity index (χ1v) is 7.48. The molecule has 0 saturated heterocycles. The van der Waals surface area contributed by atoms with E-state index in [1.807, 2.05) is 6.92 Å². The minimum Gasteiger partial charge on any atom is -0.382 e. The van der Waals surface area contributed by atoms with E-state index < -0.39 is 5.82 Å². The number of amides is 1. The van der Waals surface area contributed by atoms with Gasteiger partial charge in [-0.15, -0.1) is 0 Å². The summed E-state index contributed by atoms with van der Waals surface area (Å²) in [4.78, 5) is 14.4. The molecular weight excluding hydrogens is 269 g/mol. The van der Waals surface area contributed by atoms with E-state index in [1.54, 1.807) is 12.1 Å². The van der Waals surface area contributed by atoms with E-state index in [0.717, 1.165) is 13.0 Å². The van der Waals surface area contributed by atoms with E-state index in [9.17, 15) is 9.18 Å². The highest BCUT2D eigenvalue weighted by molar-refractivity contribution is 5.99. The smallest absolute Gasteiger partial charge is 0.253 e. The summed E-state index contributed by atoms with van der Waals surface area (Å²) in [7, 11) is 2.06. The molecule has 1 rings (SSSR count). The van der Waals surface area contributed by atoms with Gasteiger partial charge in [0.05, 0.1) is 11.3 Å². The number of hydrogen-bond donors (Lipinski definition) is 2. The van der Waals surface area contributed by atoms with Gasteiger partial charge in [0.2, 0.25) is 0 Å². The summed E-state index contributed by atoms with van der Waals surface area (Å²) in [5, 5.41) is 5.75. The molecule has 0 heterocycles. The fraction of sp³-hybridized carbons (Fsp3) is 0.562. The van der Waals surface area contributed by atoms with Crippen LogP contribution in [-0.2, 0) is 0 Å². The Kier molecular flexibility index (Phi) is 7.15. The minimum absolute atomic E-state index is 0.238. The molecule has 0 radical (unpaired) electrons. The van der Waals surface area contributed by atoms with Crippen molar-refractivity contribution in [2.45, 2.75) is 33.2 Å². The quantitative estimate of drug-likeness (QED) is 0.725. The summed E-state index contributed by atoms with van der Waals surface area (Å²) in [5.74, 6) is -0.637. The summed E-state index contributed by atoms with van der Waals surface area (Å²) in [6.07, 6.45) is 0.867. The van der Waals surface area contributed by atoms with Crippen LogP contribution in [0.5, 0.6) is 0 Å². The fourth-order valence-electron chi connectivity index (χ4n) is 1.95. The van der Waals surface area contributed by atoms with Crippen LogP contribution in [-0.4, -0.2) is 43.5 Å². The number of hydrogen-bond acceptors (Lipinski definition) is 3. The number of nitrogens with one attached hydrogen (secondary N) is 2. The number of rotatable bonds is 8. The van der Waals surface area contributed by atoms with Gasteiger partial charge in [-0.2, -0.15) is 0 Å². The lowest BCUT2D eigenvalue weighted by atomic mass is 10.1. The predicted molar refractivity (Wildman–Crippen MR) is 85.3 cm³/mol. The van der Waals surface area contributed by atoms with Crippen LogP contribution in [0.2, 0.25) is 0 Å². The highest BCUT2D eigenvalue weighted by Gasteiger charge is 2.14. The lowest BCUT2D eigenvalue weighted by molar-refractivity contribution is 0.0952. The monoisotopic (exact) mass is 295 g/mol. The minimum atomic E-state index is -0.399. The van der Waals surface area contributed by atoms with Crippen molar-refractivity contribution in [2.75, 3.05) is 32.0 Å². The Morgan fingerprint density at radius 3 is 2.71 bits per heavy atom. The molecule has 5 heteroatoms. The molecule has 0 fully saturated rings. The first-order valence-electron chi connectivity index (χ1n) is 7.48.